The first-order valence-electron chi connectivity index (χ1n) is 10.2. The number of nitrogens with zero attached hydrogens (tertiary/aromatic N) is 5. The van der Waals surface area contributed by atoms with Gasteiger partial charge in [0.2, 0.25) is 23.5 Å². The maximum Gasteiger partial charge on any atom is 0.277 e. The number of hydrogen-bond donors (Lipinski definition) is 1. The molecule has 1 unspecified atom stereocenters. The molecule has 4 rings (SSSR count). The molecule has 3 aromatic heterocycles. The number of carbonyl (C=O) groups is 1. The molecule has 1 aromatic carbocycles. The average molecular weight is 467 g/mol. The number of nitrogens with one attached hydrogen (secondary N) is 1. The normalized spacial score (nSPS) is 12.0. The topological polar surface area (TPSA) is 129 Å². The predicted octanol–water partition coefficient (Wildman–Crippen LogP) is 3.80. The van der Waals surface area contributed by atoms with Crippen molar-refractivity contribution in [3.63, 3.8) is 0 Å². The summed E-state index contributed by atoms with van der Waals surface area (Å²) in [5.41, 5.74) is 1.55. The maximum atomic E-state index is 12.6. The molecular weight excluding hydrogens is 444 g/mol. The SMILES string of the molecule is COc1ccc(-c2nnc(SCC(=O)NC(c3nc(-c4ccncc4)no3)C(C)C)o2)cc1. The van der Waals surface area contributed by atoms with Crippen LogP contribution in [-0.2, 0) is 4.79 Å². The van der Waals surface area contributed by atoms with Crippen molar-refractivity contribution in [3.8, 4) is 28.6 Å². The summed E-state index contributed by atoms with van der Waals surface area (Å²) >= 11 is 1.15. The van der Waals surface area contributed by atoms with Gasteiger partial charge in [-0.05, 0) is 42.3 Å². The van der Waals surface area contributed by atoms with E-state index in [1.165, 1.54) is 0 Å². The fraction of sp³-hybridized carbons (Fsp3) is 0.273. The zero-order valence-electron chi connectivity index (χ0n) is 18.3. The van der Waals surface area contributed by atoms with Crippen molar-refractivity contribution in [2.75, 3.05) is 12.9 Å². The third-order valence-corrected chi connectivity index (χ3v) is 5.52. The highest BCUT2D eigenvalue weighted by atomic mass is 32.2. The molecule has 0 bridgehead atoms. The summed E-state index contributed by atoms with van der Waals surface area (Å²) in [6.07, 6.45) is 3.31. The van der Waals surface area contributed by atoms with E-state index in [0.717, 1.165) is 28.6 Å². The summed E-state index contributed by atoms with van der Waals surface area (Å²) in [7, 11) is 1.60. The second kappa shape index (κ2) is 10.3. The van der Waals surface area contributed by atoms with Crippen LogP contribution in [0.2, 0.25) is 0 Å². The molecule has 1 amide bonds. The fourth-order valence-electron chi connectivity index (χ4n) is 2.95. The highest BCUT2D eigenvalue weighted by Gasteiger charge is 2.25. The number of aromatic nitrogens is 5. The fourth-order valence-corrected chi connectivity index (χ4v) is 3.53. The van der Waals surface area contributed by atoms with Crippen LogP contribution in [0, 0.1) is 5.92 Å². The van der Waals surface area contributed by atoms with Crippen LogP contribution in [0.15, 0.2) is 63.0 Å². The third-order valence-electron chi connectivity index (χ3n) is 4.70. The van der Waals surface area contributed by atoms with Gasteiger partial charge in [-0.15, -0.1) is 10.2 Å². The van der Waals surface area contributed by atoms with Crippen LogP contribution in [0.4, 0.5) is 0 Å². The Bertz CT molecular complexity index is 1190. The zero-order valence-corrected chi connectivity index (χ0v) is 19.1. The number of ether oxygens (including phenoxy) is 1. The highest BCUT2D eigenvalue weighted by Crippen LogP contribution is 2.26. The van der Waals surface area contributed by atoms with Gasteiger partial charge in [-0.1, -0.05) is 30.8 Å². The molecule has 0 aliphatic heterocycles. The first-order chi connectivity index (χ1) is 16.0. The van der Waals surface area contributed by atoms with Crippen LogP contribution in [0.3, 0.4) is 0 Å². The predicted molar refractivity (Wildman–Crippen MR) is 120 cm³/mol. The maximum absolute atomic E-state index is 12.6. The summed E-state index contributed by atoms with van der Waals surface area (Å²) in [5, 5.41) is 15.3. The van der Waals surface area contributed by atoms with Gasteiger partial charge in [-0.2, -0.15) is 4.98 Å². The van der Waals surface area contributed by atoms with Crippen LogP contribution in [0.25, 0.3) is 22.8 Å². The van der Waals surface area contributed by atoms with Crippen molar-refractivity contribution < 1.29 is 18.5 Å². The van der Waals surface area contributed by atoms with Gasteiger partial charge in [-0.25, -0.2) is 0 Å². The minimum absolute atomic E-state index is 0.0368. The number of thioether (sulfide) groups is 1. The van der Waals surface area contributed by atoms with E-state index in [-0.39, 0.29) is 17.6 Å². The molecule has 1 atom stereocenters. The van der Waals surface area contributed by atoms with E-state index in [9.17, 15) is 4.79 Å². The molecule has 0 fully saturated rings. The van der Waals surface area contributed by atoms with Gasteiger partial charge in [0.1, 0.15) is 11.8 Å². The molecule has 0 aliphatic carbocycles. The minimum atomic E-state index is -0.432. The van der Waals surface area contributed by atoms with Crippen molar-refractivity contribution in [2.24, 2.45) is 5.92 Å². The zero-order chi connectivity index (χ0) is 23.2. The van der Waals surface area contributed by atoms with Crippen LogP contribution in [0.5, 0.6) is 5.75 Å². The summed E-state index contributed by atoms with van der Waals surface area (Å²) in [6.45, 7) is 3.93. The van der Waals surface area contributed by atoms with E-state index in [1.807, 2.05) is 38.1 Å². The first-order valence-corrected chi connectivity index (χ1v) is 11.2. The van der Waals surface area contributed by atoms with Crippen molar-refractivity contribution in [1.29, 1.82) is 0 Å². The Kier molecular flexibility index (Phi) is 6.98. The molecule has 0 spiro atoms. The summed E-state index contributed by atoms with van der Waals surface area (Å²) in [6, 6.07) is 10.4. The van der Waals surface area contributed by atoms with Gasteiger partial charge in [0, 0.05) is 23.5 Å². The first kappa shape index (κ1) is 22.5. The minimum Gasteiger partial charge on any atom is -0.497 e. The van der Waals surface area contributed by atoms with Crippen LogP contribution < -0.4 is 10.1 Å². The third kappa shape index (κ3) is 5.55. The van der Waals surface area contributed by atoms with Crippen LogP contribution >= 0.6 is 11.8 Å². The molecule has 1 N–H and O–H groups in total. The van der Waals surface area contributed by atoms with Gasteiger partial charge < -0.3 is 19.0 Å². The van der Waals surface area contributed by atoms with Crippen molar-refractivity contribution >= 4 is 17.7 Å². The van der Waals surface area contributed by atoms with Gasteiger partial charge in [-0.3, -0.25) is 9.78 Å². The van der Waals surface area contributed by atoms with E-state index in [2.05, 4.69) is 30.6 Å². The van der Waals surface area contributed by atoms with E-state index in [4.69, 9.17) is 13.7 Å². The quantitative estimate of drug-likeness (QED) is 0.364. The molecule has 170 valence electrons. The Morgan fingerprint density at radius 2 is 1.85 bits per heavy atom. The smallest absolute Gasteiger partial charge is 0.277 e. The standard InChI is InChI=1S/C22H22N6O4S/c1-13(2)18(21-25-19(28-32-21)14-8-10-23-11-9-14)24-17(29)12-33-22-27-26-20(31-22)15-4-6-16(30-3)7-5-15/h4-11,13,18H,12H2,1-3H3,(H,24,29). The van der Waals surface area contributed by atoms with Crippen molar-refractivity contribution in [3.05, 3.63) is 54.7 Å². The average Bonchev–Trinajstić information content (AvgIpc) is 3.52. The number of rotatable bonds is 9. The highest BCUT2D eigenvalue weighted by molar-refractivity contribution is 7.99. The number of pyridine rings is 1. The Labute approximate surface area is 194 Å². The van der Waals surface area contributed by atoms with Crippen LogP contribution in [0.1, 0.15) is 25.8 Å². The lowest BCUT2D eigenvalue weighted by Crippen LogP contribution is -2.33. The number of amides is 1. The molecular formula is C22H22N6O4S. The molecule has 3 heterocycles. The molecule has 0 aliphatic rings. The number of carbonyl (C=O) groups excluding carboxylic acids is 1. The monoisotopic (exact) mass is 466 g/mol. The van der Waals surface area contributed by atoms with Gasteiger partial charge in [0.15, 0.2) is 0 Å². The molecule has 0 radical (unpaired) electrons. The Balaban J connectivity index is 1.36. The van der Waals surface area contributed by atoms with Gasteiger partial charge in [0.05, 0.1) is 12.9 Å². The summed E-state index contributed by atoms with van der Waals surface area (Å²) in [4.78, 5) is 21.0. The second-order valence-corrected chi connectivity index (χ2v) is 8.30. The number of methoxy groups -OCH3 is 1. The van der Waals surface area contributed by atoms with E-state index >= 15 is 0 Å². The number of benzene rings is 1. The van der Waals surface area contributed by atoms with Crippen molar-refractivity contribution in [2.45, 2.75) is 25.1 Å². The Morgan fingerprint density at radius 1 is 1.09 bits per heavy atom. The molecule has 4 aromatic rings. The molecule has 11 heteroatoms. The molecule has 0 saturated carbocycles. The van der Waals surface area contributed by atoms with Crippen molar-refractivity contribution in [1.82, 2.24) is 30.6 Å². The Morgan fingerprint density at radius 3 is 2.55 bits per heavy atom. The van der Waals surface area contributed by atoms with E-state index in [0.29, 0.717) is 22.8 Å². The molecule has 10 nitrogen and oxygen atoms in total. The van der Waals surface area contributed by atoms with Crippen LogP contribution in [-0.4, -0.2) is 44.1 Å². The second-order valence-electron chi connectivity index (χ2n) is 7.37. The van der Waals surface area contributed by atoms with Gasteiger partial charge >= 0.3 is 0 Å². The molecule has 0 saturated heterocycles. The lowest BCUT2D eigenvalue weighted by molar-refractivity contribution is -0.119. The van der Waals surface area contributed by atoms with E-state index in [1.54, 1.807) is 31.6 Å². The Hall–Kier alpha value is -3.73. The van der Waals surface area contributed by atoms with Gasteiger partial charge in [0.25, 0.3) is 5.22 Å². The largest absolute Gasteiger partial charge is 0.497 e. The summed E-state index contributed by atoms with van der Waals surface area (Å²) < 4.78 is 16.2. The molecule has 33 heavy (non-hydrogen) atoms. The lowest BCUT2D eigenvalue weighted by atomic mass is 10.0. The number of hydrogen-bond acceptors (Lipinski definition) is 10. The van der Waals surface area contributed by atoms with E-state index < -0.39 is 6.04 Å². The lowest BCUT2D eigenvalue weighted by Gasteiger charge is -2.18. The summed E-state index contributed by atoms with van der Waals surface area (Å²) in [5.74, 6) is 1.81.